The zero-order valence-electron chi connectivity index (χ0n) is 10.4. The van der Waals surface area contributed by atoms with Crippen LogP contribution in [0.1, 0.15) is 24.9 Å². The van der Waals surface area contributed by atoms with Crippen molar-refractivity contribution in [1.29, 1.82) is 0 Å². The highest BCUT2D eigenvalue weighted by Gasteiger charge is 2.23. The Hall–Kier alpha value is -1.75. The quantitative estimate of drug-likeness (QED) is 0.727. The summed E-state index contributed by atoms with van der Waals surface area (Å²) < 4.78 is 5.47. The van der Waals surface area contributed by atoms with Gasteiger partial charge in [0, 0.05) is 31.1 Å². The van der Waals surface area contributed by atoms with Crippen LogP contribution in [0.25, 0.3) is 0 Å². The fourth-order valence-electron chi connectivity index (χ4n) is 2.01. The molecule has 1 heterocycles. The van der Waals surface area contributed by atoms with Gasteiger partial charge in [-0.1, -0.05) is 0 Å². The van der Waals surface area contributed by atoms with E-state index in [9.17, 15) is 9.90 Å². The van der Waals surface area contributed by atoms with E-state index in [-0.39, 0.29) is 17.7 Å². The Labute approximate surface area is 106 Å². The summed E-state index contributed by atoms with van der Waals surface area (Å²) in [5.74, 6) is 0.970. The van der Waals surface area contributed by atoms with Gasteiger partial charge in [0.05, 0.1) is 6.04 Å². The van der Waals surface area contributed by atoms with Crippen molar-refractivity contribution in [3.8, 4) is 11.5 Å². The Kier molecular flexibility index (Phi) is 4.04. The van der Waals surface area contributed by atoms with E-state index < -0.39 is 0 Å². The molecule has 3 N–H and O–H groups in total. The van der Waals surface area contributed by atoms with Gasteiger partial charge in [-0.3, -0.25) is 4.79 Å². The molecule has 0 fully saturated rings. The Morgan fingerprint density at radius 1 is 1.56 bits per heavy atom. The SMILES string of the molecule is CCNC(=O)CCNC1COc2cc(O)ccc21. The number of carbonyl (C=O) groups excluding carboxylic acids is 1. The molecule has 1 aliphatic heterocycles. The highest BCUT2D eigenvalue weighted by atomic mass is 16.5. The lowest BCUT2D eigenvalue weighted by molar-refractivity contribution is -0.120. The standard InChI is InChI=1S/C13H18N2O3/c1-2-14-13(17)5-6-15-11-8-18-12-7-9(16)3-4-10(11)12/h3-4,7,11,15-16H,2,5-6,8H2,1H3,(H,14,17). The van der Waals surface area contributed by atoms with Crippen molar-refractivity contribution in [3.05, 3.63) is 23.8 Å². The maximum atomic E-state index is 11.3. The van der Waals surface area contributed by atoms with E-state index in [4.69, 9.17) is 4.74 Å². The maximum absolute atomic E-state index is 11.3. The molecule has 0 radical (unpaired) electrons. The molecule has 98 valence electrons. The van der Waals surface area contributed by atoms with E-state index in [1.807, 2.05) is 13.0 Å². The van der Waals surface area contributed by atoms with E-state index in [1.54, 1.807) is 12.1 Å². The van der Waals surface area contributed by atoms with E-state index in [2.05, 4.69) is 10.6 Å². The van der Waals surface area contributed by atoms with Crippen LogP contribution in [-0.2, 0) is 4.79 Å². The zero-order valence-corrected chi connectivity index (χ0v) is 10.4. The van der Waals surface area contributed by atoms with Gasteiger partial charge >= 0.3 is 0 Å². The summed E-state index contributed by atoms with van der Waals surface area (Å²) in [6, 6.07) is 5.20. The summed E-state index contributed by atoms with van der Waals surface area (Å²) in [5.41, 5.74) is 1.03. The number of carbonyl (C=O) groups is 1. The van der Waals surface area contributed by atoms with Crippen LogP contribution >= 0.6 is 0 Å². The first-order valence-electron chi connectivity index (χ1n) is 6.16. The van der Waals surface area contributed by atoms with Crippen LogP contribution < -0.4 is 15.4 Å². The van der Waals surface area contributed by atoms with E-state index in [0.717, 1.165) is 5.56 Å². The molecule has 5 heteroatoms. The third kappa shape index (κ3) is 2.92. The average Bonchev–Trinajstić information content (AvgIpc) is 2.72. The predicted molar refractivity (Wildman–Crippen MR) is 67.6 cm³/mol. The van der Waals surface area contributed by atoms with Crippen molar-refractivity contribution in [3.63, 3.8) is 0 Å². The Morgan fingerprint density at radius 3 is 3.17 bits per heavy atom. The fraction of sp³-hybridized carbons (Fsp3) is 0.462. The number of ether oxygens (including phenoxy) is 1. The molecule has 0 aromatic heterocycles. The molecule has 5 nitrogen and oxygen atoms in total. The second-order valence-corrected chi connectivity index (χ2v) is 4.24. The molecule has 1 atom stereocenters. The fourth-order valence-corrected chi connectivity index (χ4v) is 2.01. The third-order valence-electron chi connectivity index (χ3n) is 2.89. The molecule has 0 saturated carbocycles. The third-order valence-corrected chi connectivity index (χ3v) is 2.89. The van der Waals surface area contributed by atoms with Crippen LogP contribution in [0.3, 0.4) is 0 Å². The summed E-state index contributed by atoms with van der Waals surface area (Å²) in [4.78, 5) is 11.3. The number of amides is 1. The predicted octanol–water partition coefficient (Wildman–Crippen LogP) is 0.942. The molecule has 1 aromatic rings. The van der Waals surface area contributed by atoms with Gasteiger partial charge in [-0.05, 0) is 19.1 Å². The topological polar surface area (TPSA) is 70.6 Å². The van der Waals surface area contributed by atoms with Crippen molar-refractivity contribution in [2.75, 3.05) is 19.7 Å². The van der Waals surface area contributed by atoms with Crippen LogP contribution in [0.5, 0.6) is 11.5 Å². The minimum absolute atomic E-state index is 0.0508. The molecule has 18 heavy (non-hydrogen) atoms. The number of nitrogens with one attached hydrogen (secondary N) is 2. The molecule has 0 aliphatic carbocycles. The zero-order chi connectivity index (χ0) is 13.0. The molecule has 1 aromatic carbocycles. The molecular formula is C13H18N2O3. The first kappa shape index (κ1) is 12.7. The Morgan fingerprint density at radius 2 is 2.39 bits per heavy atom. The highest BCUT2D eigenvalue weighted by molar-refractivity contribution is 5.75. The summed E-state index contributed by atoms with van der Waals surface area (Å²) in [7, 11) is 0. The lowest BCUT2D eigenvalue weighted by Crippen LogP contribution is -2.29. The molecule has 2 rings (SSSR count). The lowest BCUT2D eigenvalue weighted by atomic mass is 10.1. The molecule has 1 unspecified atom stereocenters. The number of phenolic OH excluding ortho intramolecular Hbond substituents is 1. The first-order valence-corrected chi connectivity index (χ1v) is 6.16. The number of aromatic hydroxyl groups is 1. The van der Waals surface area contributed by atoms with Crippen molar-refractivity contribution >= 4 is 5.91 Å². The number of hydrogen-bond donors (Lipinski definition) is 3. The Bertz CT molecular complexity index is 434. The van der Waals surface area contributed by atoms with Crippen LogP contribution in [0.2, 0.25) is 0 Å². The van der Waals surface area contributed by atoms with Crippen molar-refractivity contribution in [1.82, 2.24) is 10.6 Å². The molecule has 1 aliphatic rings. The van der Waals surface area contributed by atoms with Crippen molar-refractivity contribution in [2.45, 2.75) is 19.4 Å². The molecule has 0 bridgehead atoms. The molecular weight excluding hydrogens is 232 g/mol. The Balaban J connectivity index is 1.85. The molecule has 1 amide bonds. The van der Waals surface area contributed by atoms with Crippen LogP contribution in [0.15, 0.2) is 18.2 Å². The van der Waals surface area contributed by atoms with Gasteiger partial charge in [-0.15, -0.1) is 0 Å². The molecule has 0 saturated heterocycles. The normalized spacial score (nSPS) is 17.1. The highest BCUT2D eigenvalue weighted by Crippen LogP contribution is 2.34. The number of rotatable bonds is 5. The second kappa shape index (κ2) is 5.73. The summed E-state index contributed by atoms with van der Waals surface area (Å²) in [6.07, 6.45) is 0.456. The van der Waals surface area contributed by atoms with E-state index in [0.29, 0.717) is 31.9 Å². The number of hydrogen-bond acceptors (Lipinski definition) is 4. The smallest absolute Gasteiger partial charge is 0.221 e. The van der Waals surface area contributed by atoms with Gasteiger partial charge in [0.1, 0.15) is 18.1 Å². The van der Waals surface area contributed by atoms with Gasteiger partial charge in [0.25, 0.3) is 0 Å². The van der Waals surface area contributed by atoms with Crippen LogP contribution in [-0.4, -0.2) is 30.7 Å². The van der Waals surface area contributed by atoms with E-state index >= 15 is 0 Å². The number of fused-ring (bicyclic) bond motifs is 1. The summed E-state index contributed by atoms with van der Waals surface area (Å²) >= 11 is 0. The minimum atomic E-state index is 0.0508. The van der Waals surface area contributed by atoms with Gasteiger partial charge in [-0.2, -0.15) is 0 Å². The number of benzene rings is 1. The largest absolute Gasteiger partial charge is 0.508 e. The summed E-state index contributed by atoms with van der Waals surface area (Å²) in [6.45, 7) is 3.71. The minimum Gasteiger partial charge on any atom is -0.508 e. The molecule has 0 spiro atoms. The van der Waals surface area contributed by atoms with Crippen molar-refractivity contribution in [2.24, 2.45) is 0 Å². The van der Waals surface area contributed by atoms with Crippen LogP contribution in [0.4, 0.5) is 0 Å². The average molecular weight is 250 g/mol. The second-order valence-electron chi connectivity index (χ2n) is 4.24. The van der Waals surface area contributed by atoms with Gasteiger partial charge in [0.15, 0.2) is 0 Å². The van der Waals surface area contributed by atoms with Gasteiger partial charge in [0.2, 0.25) is 5.91 Å². The summed E-state index contributed by atoms with van der Waals surface area (Å²) in [5, 5.41) is 15.4. The first-order chi connectivity index (χ1) is 8.70. The van der Waals surface area contributed by atoms with Gasteiger partial charge < -0.3 is 20.5 Å². The lowest BCUT2D eigenvalue weighted by Gasteiger charge is -2.11. The van der Waals surface area contributed by atoms with Gasteiger partial charge in [-0.25, -0.2) is 0 Å². The van der Waals surface area contributed by atoms with Crippen LogP contribution in [0, 0.1) is 0 Å². The number of phenols is 1. The van der Waals surface area contributed by atoms with Crippen molar-refractivity contribution < 1.29 is 14.6 Å². The maximum Gasteiger partial charge on any atom is 0.221 e. The monoisotopic (exact) mass is 250 g/mol. The van der Waals surface area contributed by atoms with E-state index in [1.165, 1.54) is 0 Å².